The highest BCUT2D eigenvalue weighted by molar-refractivity contribution is 5.79. The number of methoxy groups -OCH3 is 1. The molecule has 1 N–H and O–H groups in total. The molecule has 2 aromatic rings. The van der Waals surface area contributed by atoms with E-state index in [1.165, 1.54) is 4.90 Å². The second-order valence-electron chi connectivity index (χ2n) is 8.18. The summed E-state index contributed by atoms with van der Waals surface area (Å²) in [6.07, 6.45) is 5.36. The molecule has 0 aromatic heterocycles. The number of likely N-dealkylation sites (tertiary alicyclic amines) is 1. The molecule has 1 amide bonds. The summed E-state index contributed by atoms with van der Waals surface area (Å²) in [5.74, 6) is 2.16. The van der Waals surface area contributed by atoms with Crippen molar-refractivity contribution >= 4 is 11.9 Å². The minimum atomic E-state index is -0.926. The van der Waals surface area contributed by atoms with Gasteiger partial charge in [-0.05, 0) is 35.4 Å². The van der Waals surface area contributed by atoms with Crippen molar-refractivity contribution in [1.82, 2.24) is 9.80 Å². The first-order valence-electron chi connectivity index (χ1n) is 10.6. The first kappa shape index (κ1) is 22.5. The maximum Gasteiger partial charge on any atom is 0.309 e. The summed E-state index contributed by atoms with van der Waals surface area (Å²) < 4.78 is 16.2. The number of carboxylic acids is 1. The van der Waals surface area contributed by atoms with Gasteiger partial charge < -0.3 is 24.2 Å². The third-order valence-electron chi connectivity index (χ3n) is 6.26. The van der Waals surface area contributed by atoms with Crippen molar-refractivity contribution in [3.63, 3.8) is 0 Å². The molecule has 1 saturated heterocycles. The van der Waals surface area contributed by atoms with E-state index in [0.717, 1.165) is 11.1 Å². The van der Waals surface area contributed by atoms with Crippen LogP contribution in [-0.2, 0) is 9.59 Å². The maximum absolute atomic E-state index is 12.8. The fraction of sp³-hybridized carbons (Fsp3) is 0.360. The summed E-state index contributed by atoms with van der Waals surface area (Å²) in [5, 5.41) is 10.3. The van der Waals surface area contributed by atoms with Crippen molar-refractivity contribution in [3.05, 3.63) is 53.6 Å². The summed E-state index contributed by atoms with van der Waals surface area (Å²) in [5.41, 5.74) is 1.64. The van der Waals surface area contributed by atoms with Gasteiger partial charge in [-0.2, -0.15) is 0 Å². The van der Waals surface area contributed by atoms with Gasteiger partial charge in [0.2, 0.25) is 12.7 Å². The maximum atomic E-state index is 12.8. The average Bonchev–Trinajstić information content (AvgIpc) is 3.43. The van der Waals surface area contributed by atoms with Crippen LogP contribution in [0.25, 0.3) is 0 Å². The molecular formula is C25H26N2O6. The van der Waals surface area contributed by atoms with Gasteiger partial charge in [0.05, 0.1) is 26.1 Å². The van der Waals surface area contributed by atoms with E-state index >= 15 is 0 Å². The van der Waals surface area contributed by atoms with E-state index in [9.17, 15) is 14.7 Å². The van der Waals surface area contributed by atoms with Gasteiger partial charge in [-0.1, -0.05) is 24.1 Å². The number of carbonyl (C=O) groups excluding carboxylic acids is 1. The van der Waals surface area contributed by atoms with E-state index in [0.29, 0.717) is 23.8 Å². The van der Waals surface area contributed by atoms with E-state index in [4.69, 9.17) is 20.6 Å². The summed E-state index contributed by atoms with van der Waals surface area (Å²) in [4.78, 5) is 28.8. The number of hydrogen-bond acceptors (Lipinski definition) is 6. The van der Waals surface area contributed by atoms with Crippen molar-refractivity contribution in [3.8, 4) is 29.6 Å². The van der Waals surface area contributed by atoms with E-state index in [2.05, 4.69) is 5.92 Å². The zero-order valence-electron chi connectivity index (χ0n) is 18.6. The number of fused-ring (bicyclic) bond motifs is 1. The van der Waals surface area contributed by atoms with E-state index in [-0.39, 0.29) is 31.7 Å². The standard InChI is InChI=1S/C25H26N2O6/c1-4-11-26(2)22(28)14-27-13-19(17-7-10-20-21(12-17)33-15-32-20)23(25(29)30)24(27)16-5-8-18(31-3)9-6-16/h1,5-10,12,19,23-24H,11,13-15H2,2-3H3,(H,29,30)/t19-,23+,24-/m1/s1. The number of terminal acetylenes is 1. The number of hydrogen-bond donors (Lipinski definition) is 1. The number of nitrogens with zero attached hydrogens (tertiary/aromatic N) is 2. The van der Waals surface area contributed by atoms with Gasteiger partial charge in [0.15, 0.2) is 11.5 Å². The van der Waals surface area contributed by atoms with Crippen LogP contribution in [0.2, 0.25) is 0 Å². The molecule has 4 rings (SSSR count). The van der Waals surface area contributed by atoms with Crippen LogP contribution in [0.5, 0.6) is 17.2 Å². The number of likely N-dealkylation sites (N-methyl/N-ethyl adjacent to an activating group) is 1. The molecule has 2 aliphatic heterocycles. The molecule has 0 bridgehead atoms. The van der Waals surface area contributed by atoms with Crippen molar-refractivity contribution in [2.75, 3.05) is 40.6 Å². The Morgan fingerprint density at radius 1 is 1.18 bits per heavy atom. The van der Waals surface area contributed by atoms with Gasteiger partial charge in [0.25, 0.3) is 0 Å². The number of amides is 1. The third-order valence-corrected chi connectivity index (χ3v) is 6.26. The highest BCUT2D eigenvalue weighted by Gasteiger charge is 2.48. The van der Waals surface area contributed by atoms with Gasteiger partial charge in [0, 0.05) is 25.6 Å². The Hall–Kier alpha value is -3.70. The first-order chi connectivity index (χ1) is 15.9. The Balaban J connectivity index is 1.71. The molecule has 2 aliphatic rings. The van der Waals surface area contributed by atoms with Crippen LogP contribution in [0, 0.1) is 18.3 Å². The van der Waals surface area contributed by atoms with Gasteiger partial charge in [-0.15, -0.1) is 6.42 Å². The number of ether oxygens (including phenoxy) is 3. The number of rotatable bonds is 7. The Morgan fingerprint density at radius 2 is 1.88 bits per heavy atom. The zero-order chi connectivity index (χ0) is 23.5. The predicted octanol–water partition coefficient (Wildman–Crippen LogP) is 2.36. The van der Waals surface area contributed by atoms with Crippen LogP contribution in [0.3, 0.4) is 0 Å². The van der Waals surface area contributed by atoms with Gasteiger partial charge in [-0.25, -0.2) is 0 Å². The number of benzene rings is 2. The lowest BCUT2D eigenvalue weighted by molar-refractivity contribution is -0.143. The zero-order valence-corrected chi connectivity index (χ0v) is 18.6. The van der Waals surface area contributed by atoms with Crippen LogP contribution < -0.4 is 14.2 Å². The van der Waals surface area contributed by atoms with Gasteiger partial charge >= 0.3 is 5.97 Å². The molecular weight excluding hydrogens is 424 g/mol. The SMILES string of the molecule is C#CCN(C)C(=O)CN1C[C@H](c2ccc3c(c2)OCO3)[C@H](C(=O)O)[C@H]1c1ccc(OC)cc1. The Labute approximate surface area is 192 Å². The molecule has 0 spiro atoms. The highest BCUT2D eigenvalue weighted by atomic mass is 16.7. The van der Waals surface area contributed by atoms with Crippen LogP contribution in [-0.4, -0.2) is 67.4 Å². The first-order valence-corrected chi connectivity index (χ1v) is 10.6. The summed E-state index contributed by atoms with van der Waals surface area (Å²) in [6, 6.07) is 12.3. The third kappa shape index (κ3) is 4.45. The monoisotopic (exact) mass is 450 g/mol. The summed E-state index contributed by atoms with van der Waals surface area (Å²) in [7, 11) is 3.22. The summed E-state index contributed by atoms with van der Waals surface area (Å²) >= 11 is 0. The predicted molar refractivity (Wildman–Crippen MR) is 120 cm³/mol. The molecule has 8 nitrogen and oxygen atoms in total. The fourth-order valence-corrected chi connectivity index (χ4v) is 4.59. The molecule has 0 aliphatic carbocycles. The van der Waals surface area contributed by atoms with Crippen LogP contribution in [0.15, 0.2) is 42.5 Å². The molecule has 1 fully saturated rings. The average molecular weight is 450 g/mol. The molecule has 172 valence electrons. The van der Waals surface area contributed by atoms with Gasteiger partial charge in [0.1, 0.15) is 5.75 Å². The Kier molecular flexibility index (Phi) is 6.43. The molecule has 33 heavy (non-hydrogen) atoms. The lowest BCUT2D eigenvalue weighted by Gasteiger charge is -2.28. The quantitative estimate of drug-likeness (QED) is 0.648. The molecule has 2 heterocycles. The van der Waals surface area contributed by atoms with Crippen LogP contribution in [0.4, 0.5) is 0 Å². The number of aliphatic carboxylic acids is 1. The van der Waals surface area contributed by atoms with Crippen molar-refractivity contribution < 1.29 is 28.9 Å². The molecule has 3 atom stereocenters. The molecule has 0 radical (unpaired) electrons. The lowest BCUT2D eigenvalue weighted by Crippen LogP contribution is -2.39. The summed E-state index contributed by atoms with van der Waals surface area (Å²) in [6.45, 7) is 0.777. The second-order valence-corrected chi connectivity index (χ2v) is 8.18. The fourth-order valence-electron chi connectivity index (χ4n) is 4.59. The minimum absolute atomic E-state index is 0.0553. The Bertz CT molecular complexity index is 1080. The van der Waals surface area contributed by atoms with Gasteiger partial charge in [-0.3, -0.25) is 14.5 Å². The Morgan fingerprint density at radius 3 is 2.55 bits per heavy atom. The van der Waals surface area contributed by atoms with Crippen LogP contribution >= 0.6 is 0 Å². The van der Waals surface area contributed by atoms with E-state index in [1.807, 2.05) is 29.2 Å². The molecule has 8 heteroatoms. The largest absolute Gasteiger partial charge is 0.497 e. The second kappa shape index (κ2) is 9.43. The minimum Gasteiger partial charge on any atom is -0.497 e. The molecule has 2 aromatic carbocycles. The molecule has 0 unspecified atom stereocenters. The van der Waals surface area contributed by atoms with E-state index < -0.39 is 17.9 Å². The molecule has 0 saturated carbocycles. The normalized spacial score (nSPS) is 21.4. The smallest absolute Gasteiger partial charge is 0.309 e. The van der Waals surface area contributed by atoms with Crippen molar-refractivity contribution in [2.24, 2.45) is 5.92 Å². The highest BCUT2D eigenvalue weighted by Crippen LogP contribution is 2.47. The number of carbonyl (C=O) groups is 2. The lowest BCUT2D eigenvalue weighted by atomic mass is 9.82. The van der Waals surface area contributed by atoms with Crippen molar-refractivity contribution in [1.29, 1.82) is 0 Å². The topological polar surface area (TPSA) is 88.5 Å². The van der Waals surface area contributed by atoms with Crippen molar-refractivity contribution in [2.45, 2.75) is 12.0 Å². The number of carboxylic acid groups (broad SMARTS) is 1. The van der Waals surface area contributed by atoms with Crippen LogP contribution in [0.1, 0.15) is 23.1 Å². The van der Waals surface area contributed by atoms with E-state index in [1.54, 1.807) is 32.4 Å².